The molecule has 1 unspecified atom stereocenters. The topological polar surface area (TPSA) is 42.0 Å². The molecule has 1 aliphatic rings. The van der Waals surface area contributed by atoms with Crippen molar-refractivity contribution in [3.63, 3.8) is 0 Å². The number of thiazole rings is 1. The van der Waals surface area contributed by atoms with Crippen LogP contribution < -0.4 is 5.32 Å². The monoisotopic (exact) mass is 462 g/mol. The van der Waals surface area contributed by atoms with Crippen molar-refractivity contribution in [1.82, 2.24) is 10.3 Å². The maximum Gasteiger partial charge on any atom is 0.226 e. The smallest absolute Gasteiger partial charge is 0.226 e. The highest BCUT2D eigenvalue weighted by molar-refractivity contribution is 9.10. The summed E-state index contributed by atoms with van der Waals surface area (Å²) in [7, 11) is 0. The van der Waals surface area contributed by atoms with Crippen molar-refractivity contribution < 1.29 is 9.18 Å². The number of fused-ring (bicyclic) bond motifs is 1. The van der Waals surface area contributed by atoms with Gasteiger partial charge in [-0.1, -0.05) is 28.1 Å². The van der Waals surface area contributed by atoms with Crippen LogP contribution in [0.3, 0.4) is 0 Å². The first kappa shape index (κ1) is 18.7. The molecule has 1 atom stereocenters. The highest BCUT2D eigenvalue weighted by Crippen LogP contribution is 2.36. The number of aromatic nitrogens is 1. The lowest BCUT2D eigenvalue weighted by Crippen LogP contribution is -2.31. The molecule has 0 fully saturated rings. The van der Waals surface area contributed by atoms with Gasteiger partial charge in [0.15, 0.2) is 0 Å². The Morgan fingerprint density at radius 1 is 1.30 bits per heavy atom. The molecule has 1 amide bonds. The molecule has 2 heterocycles. The molecule has 0 radical (unpaired) electrons. The molecule has 0 saturated carbocycles. The van der Waals surface area contributed by atoms with E-state index in [0.717, 1.165) is 43.4 Å². The van der Waals surface area contributed by atoms with Crippen molar-refractivity contribution in [2.75, 3.05) is 5.75 Å². The molecule has 4 rings (SSSR count). The van der Waals surface area contributed by atoms with Crippen LogP contribution in [0.25, 0.3) is 10.6 Å². The largest absolute Gasteiger partial charge is 0.349 e. The summed E-state index contributed by atoms with van der Waals surface area (Å²) < 4.78 is 14.6. The van der Waals surface area contributed by atoms with E-state index < -0.39 is 0 Å². The normalized spacial score (nSPS) is 16.0. The van der Waals surface area contributed by atoms with Crippen molar-refractivity contribution in [2.45, 2.75) is 23.8 Å². The van der Waals surface area contributed by atoms with Crippen LogP contribution in [0.4, 0.5) is 4.39 Å². The van der Waals surface area contributed by atoms with Crippen molar-refractivity contribution in [3.8, 4) is 10.6 Å². The predicted octanol–water partition coefficient (Wildman–Crippen LogP) is 5.61. The number of hydrogen-bond donors (Lipinski definition) is 1. The third-order valence-electron chi connectivity index (χ3n) is 4.31. The summed E-state index contributed by atoms with van der Waals surface area (Å²) in [5.41, 5.74) is 2.64. The zero-order valence-corrected chi connectivity index (χ0v) is 17.5. The number of thioether (sulfide) groups is 1. The lowest BCUT2D eigenvalue weighted by atomic mass is 10.0. The van der Waals surface area contributed by atoms with Crippen LogP contribution >= 0.6 is 39.0 Å². The Morgan fingerprint density at radius 2 is 2.19 bits per heavy atom. The van der Waals surface area contributed by atoms with Gasteiger partial charge in [-0.05, 0) is 42.3 Å². The van der Waals surface area contributed by atoms with Crippen LogP contribution in [0.5, 0.6) is 0 Å². The van der Waals surface area contributed by atoms with Crippen LogP contribution in [-0.4, -0.2) is 16.6 Å². The van der Waals surface area contributed by atoms with E-state index in [1.165, 1.54) is 23.5 Å². The number of nitrogens with zero attached hydrogens (tertiary/aromatic N) is 1. The van der Waals surface area contributed by atoms with Gasteiger partial charge in [-0.15, -0.1) is 23.1 Å². The Morgan fingerprint density at radius 3 is 3.04 bits per heavy atom. The number of nitrogens with one attached hydrogen (secondary N) is 1. The Kier molecular flexibility index (Phi) is 5.61. The molecule has 0 bridgehead atoms. The molecule has 2 aromatic carbocycles. The number of carbonyl (C=O) groups excluding carboxylic acids is 1. The molecule has 3 nitrogen and oxygen atoms in total. The Balaban J connectivity index is 1.45. The Labute approximate surface area is 173 Å². The van der Waals surface area contributed by atoms with E-state index in [4.69, 9.17) is 0 Å². The summed E-state index contributed by atoms with van der Waals surface area (Å²) in [6, 6.07) is 12.6. The summed E-state index contributed by atoms with van der Waals surface area (Å²) in [6.07, 6.45) is 1.02. The molecule has 0 saturated heterocycles. The first-order valence-corrected chi connectivity index (χ1v) is 11.2. The molecule has 1 N–H and O–H groups in total. The molecule has 0 spiro atoms. The van der Waals surface area contributed by atoms with Gasteiger partial charge < -0.3 is 5.32 Å². The van der Waals surface area contributed by atoms with E-state index in [1.807, 2.05) is 29.6 Å². The maximum atomic E-state index is 13.6. The minimum Gasteiger partial charge on any atom is -0.349 e. The zero-order chi connectivity index (χ0) is 18.8. The van der Waals surface area contributed by atoms with Gasteiger partial charge in [-0.3, -0.25) is 4.79 Å². The fraction of sp³-hybridized carbons (Fsp3) is 0.200. The van der Waals surface area contributed by atoms with Gasteiger partial charge in [0.25, 0.3) is 0 Å². The Bertz CT molecular complexity index is 992. The first-order valence-electron chi connectivity index (χ1n) is 8.50. The molecular formula is C20H16BrFN2OS2. The van der Waals surface area contributed by atoms with E-state index in [2.05, 4.69) is 26.2 Å². The van der Waals surface area contributed by atoms with Crippen LogP contribution in [0.2, 0.25) is 0 Å². The summed E-state index contributed by atoms with van der Waals surface area (Å²) in [5.74, 6) is 0.551. The number of hydrogen-bond acceptors (Lipinski definition) is 4. The van der Waals surface area contributed by atoms with Crippen molar-refractivity contribution in [1.29, 1.82) is 0 Å². The maximum absolute atomic E-state index is 13.6. The average Bonchev–Trinajstić information content (AvgIpc) is 3.10. The van der Waals surface area contributed by atoms with Crippen molar-refractivity contribution in [3.05, 3.63) is 69.4 Å². The predicted molar refractivity (Wildman–Crippen MR) is 112 cm³/mol. The quantitative estimate of drug-likeness (QED) is 0.547. The Hall–Kier alpha value is -1.70. The third-order valence-corrected chi connectivity index (χ3v) is 6.87. The molecule has 3 aromatic rings. The van der Waals surface area contributed by atoms with Gasteiger partial charge in [0.2, 0.25) is 5.91 Å². The lowest BCUT2D eigenvalue weighted by molar-refractivity contribution is -0.121. The minimum atomic E-state index is -0.270. The second kappa shape index (κ2) is 8.12. The van der Waals surface area contributed by atoms with Gasteiger partial charge in [0.05, 0.1) is 18.2 Å². The van der Waals surface area contributed by atoms with Gasteiger partial charge >= 0.3 is 0 Å². The molecule has 1 aromatic heterocycles. The molecule has 7 heteroatoms. The first-order chi connectivity index (χ1) is 13.1. The van der Waals surface area contributed by atoms with E-state index >= 15 is 0 Å². The van der Waals surface area contributed by atoms with E-state index in [0.29, 0.717) is 0 Å². The number of carbonyl (C=O) groups is 1. The second-order valence-electron chi connectivity index (χ2n) is 6.27. The van der Waals surface area contributed by atoms with E-state index in [1.54, 1.807) is 17.8 Å². The average molecular weight is 463 g/mol. The van der Waals surface area contributed by atoms with Crippen LogP contribution in [0, 0.1) is 5.82 Å². The fourth-order valence-corrected chi connectivity index (χ4v) is 5.39. The number of amides is 1. The molecule has 1 aliphatic heterocycles. The molecule has 138 valence electrons. The van der Waals surface area contributed by atoms with Gasteiger partial charge in [-0.2, -0.15) is 0 Å². The summed E-state index contributed by atoms with van der Waals surface area (Å²) in [5, 5.41) is 5.85. The lowest BCUT2D eigenvalue weighted by Gasteiger charge is -2.25. The SMILES string of the molecule is O=C(Cc1csc(-c2cccc(Br)c2)n1)NC1CCSc2ccc(F)cc21. The van der Waals surface area contributed by atoms with Crippen molar-refractivity contribution >= 4 is 44.9 Å². The third kappa shape index (κ3) is 4.42. The van der Waals surface area contributed by atoms with Crippen molar-refractivity contribution in [2.24, 2.45) is 0 Å². The standard InChI is InChI=1S/C20H16BrFN2OS2/c21-13-3-1-2-12(8-13)20-23-15(11-27-20)10-19(25)24-17-6-7-26-18-5-4-14(22)9-16(17)18/h1-5,8-9,11,17H,6-7,10H2,(H,24,25). The number of rotatable bonds is 4. The van der Waals surface area contributed by atoms with Crippen LogP contribution in [0.1, 0.15) is 23.7 Å². The summed E-state index contributed by atoms with van der Waals surface area (Å²) in [4.78, 5) is 18.1. The number of halogens is 2. The summed E-state index contributed by atoms with van der Waals surface area (Å²) >= 11 is 6.69. The van der Waals surface area contributed by atoms with Gasteiger partial charge in [0.1, 0.15) is 10.8 Å². The van der Waals surface area contributed by atoms with E-state index in [9.17, 15) is 9.18 Å². The van der Waals surface area contributed by atoms with Gasteiger partial charge in [-0.25, -0.2) is 9.37 Å². The summed E-state index contributed by atoms with van der Waals surface area (Å²) in [6.45, 7) is 0. The molecule has 0 aliphatic carbocycles. The number of benzene rings is 2. The van der Waals surface area contributed by atoms with Crippen LogP contribution in [0.15, 0.2) is 57.2 Å². The van der Waals surface area contributed by atoms with Crippen LogP contribution in [-0.2, 0) is 11.2 Å². The molecular weight excluding hydrogens is 447 g/mol. The van der Waals surface area contributed by atoms with Gasteiger partial charge in [0, 0.05) is 26.1 Å². The fourth-order valence-electron chi connectivity index (χ4n) is 3.07. The highest BCUT2D eigenvalue weighted by Gasteiger charge is 2.23. The zero-order valence-electron chi connectivity index (χ0n) is 14.2. The van der Waals surface area contributed by atoms with E-state index in [-0.39, 0.29) is 24.2 Å². The molecule has 27 heavy (non-hydrogen) atoms. The highest BCUT2D eigenvalue weighted by atomic mass is 79.9. The second-order valence-corrected chi connectivity index (χ2v) is 9.18. The minimum absolute atomic E-state index is 0.0896.